The summed E-state index contributed by atoms with van der Waals surface area (Å²) in [5, 5.41) is 2.36. The molecule has 5 nitrogen and oxygen atoms in total. The topological polar surface area (TPSA) is 52.7 Å². The molecule has 1 heterocycles. The van der Waals surface area contributed by atoms with Crippen LogP contribution in [0.2, 0.25) is 0 Å². The number of benzene rings is 2. The number of piperazine rings is 1. The summed E-state index contributed by atoms with van der Waals surface area (Å²) in [4.78, 5) is 28.4. The van der Waals surface area contributed by atoms with E-state index >= 15 is 0 Å². The van der Waals surface area contributed by atoms with Crippen LogP contribution in [0.3, 0.4) is 0 Å². The average molecular weight is 448 g/mol. The Kier molecular flexibility index (Phi) is 7.90. The Morgan fingerprint density at radius 3 is 2.19 bits per heavy atom. The van der Waals surface area contributed by atoms with Gasteiger partial charge in [-0.05, 0) is 36.1 Å². The zero-order chi connectivity index (χ0) is 23.1. The lowest BCUT2D eigenvalue weighted by Gasteiger charge is -2.34. The van der Waals surface area contributed by atoms with Crippen LogP contribution in [0.15, 0.2) is 48.5 Å². The van der Waals surface area contributed by atoms with E-state index in [1.165, 1.54) is 23.8 Å². The third kappa shape index (κ3) is 6.56. The first-order valence-corrected chi connectivity index (χ1v) is 10.8. The fraction of sp³-hybridized carbons (Fsp3) is 0.417. The number of aryl methyl sites for hydroxylation is 2. The number of amides is 2. The van der Waals surface area contributed by atoms with Crippen LogP contribution >= 0.6 is 0 Å². The summed E-state index contributed by atoms with van der Waals surface area (Å²) >= 11 is 0. The predicted molar refractivity (Wildman–Crippen MR) is 117 cm³/mol. The smallest absolute Gasteiger partial charge is 0.340 e. The van der Waals surface area contributed by atoms with Gasteiger partial charge < -0.3 is 10.2 Å². The monoisotopic (exact) mass is 447 g/mol. The average Bonchev–Trinajstić information content (AvgIpc) is 2.78. The third-order valence-corrected chi connectivity index (χ3v) is 5.66. The Morgan fingerprint density at radius 2 is 1.56 bits per heavy atom. The Bertz CT molecular complexity index is 921. The molecule has 32 heavy (non-hydrogen) atoms. The lowest BCUT2D eigenvalue weighted by atomic mass is 10.1. The molecule has 1 aliphatic rings. The van der Waals surface area contributed by atoms with E-state index in [1.807, 2.05) is 4.90 Å². The van der Waals surface area contributed by atoms with Gasteiger partial charge in [-0.2, -0.15) is 13.2 Å². The molecule has 0 unspecified atom stereocenters. The van der Waals surface area contributed by atoms with E-state index in [-0.39, 0.29) is 18.1 Å². The first kappa shape index (κ1) is 23.8. The largest absolute Gasteiger partial charge is 0.418 e. The molecule has 0 aliphatic carbocycles. The third-order valence-electron chi connectivity index (χ3n) is 5.66. The van der Waals surface area contributed by atoms with Crippen LogP contribution in [0.25, 0.3) is 0 Å². The van der Waals surface area contributed by atoms with Crippen molar-refractivity contribution in [1.82, 2.24) is 9.80 Å². The molecule has 0 saturated carbocycles. The molecule has 2 aromatic rings. The Balaban J connectivity index is 1.43. The van der Waals surface area contributed by atoms with Gasteiger partial charge in [0.25, 0.3) is 0 Å². The quantitative estimate of drug-likeness (QED) is 0.699. The normalized spacial score (nSPS) is 14.9. The van der Waals surface area contributed by atoms with Crippen molar-refractivity contribution in [2.45, 2.75) is 32.4 Å². The van der Waals surface area contributed by atoms with E-state index in [1.54, 1.807) is 4.90 Å². The first-order chi connectivity index (χ1) is 15.3. The highest BCUT2D eigenvalue weighted by atomic mass is 19.4. The lowest BCUT2D eigenvalue weighted by molar-refractivity contribution is -0.137. The molecule has 0 radical (unpaired) electrons. The second-order valence-electron chi connectivity index (χ2n) is 7.92. The second-order valence-corrected chi connectivity index (χ2v) is 7.92. The van der Waals surface area contributed by atoms with Gasteiger partial charge in [0.1, 0.15) is 0 Å². The van der Waals surface area contributed by atoms with Crippen LogP contribution in [0.4, 0.5) is 18.9 Å². The molecule has 0 atom stereocenters. The van der Waals surface area contributed by atoms with Gasteiger partial charge in [0.15, 0.2) is 0 Å². The number of carbonyl (C=O) groups excluding carboxylic acids is 2. The fourth-order valence-corrected chi connectivity index (χ4v) is 3.74. The van der Waals surface area contributed by atoms with Crippen LogP contribution in [0, 0.1) is 0 Å². The van der Waals surface area contributed by atoms with Gasteiger partial charge in [-0.15, -0.1) is 0 Å². The zero-order valence-electron chi connectivity index (χ0n) is 18.1. The van der Waals surface area contributed by atoms with Gasteiger partial charge in [-0.1, -0.05) is 43.3 Å². The Hall–Kier alpha value is -2.87. The highest BCUT2D eigenvalue weighted by Gasteiger charge is 2.33. The summed E-state index contributed by atoms with van der Waals surface area (Å²) in [6, 6.07) is 13.2. The molecular formula is C24H28F3N3O2. The molecule has 3 rings (SSSR count). The fourth-order valence-electron chi connectivity index (χ4n) is 3.74. The molecule has 1 N–H and O–H groups in total. The van der Waals surface area contributed by atoms with Crippen molar-refractivity contribution in [3.63, 3.8) is 0 Å². The summed E-state index contributed by atoms with van der Waals surface area (Å²) in [6.45, 7) is 4.10. The lowest BCUT2D eigenvalue weighted by Crippen LogP contribution is -2.50. The Morgan fingerprint density at radius 1 is 0.938 bits per heavy atom. The highest BCUT2D eigenvalue weighted by Crippen LogP contribution is 2.34. The molecule has 1 saturated heterocycles. The number of hydrogen-bond acceptors (Lipinski definition) is 3. The molecule has 0 aromatic heterocycles. The van der Waals surface area contributed by atoms with Crippen molar-refractivity contribution < 1.29 is 22.8 Å². The van der Waals surface area contributed by atoms with E-state index in [4.69, 9.17) is 0 Å². The molecule has 8 heteroatoms. The van der Waals surface area contributed by atoms with E-state index in [2.05, 4.69) is 36.5 Å². The van der Waals surface area contributed by atoms with Crippen LogP contribution in [0.5, 0.6) is 0 Å². The molecule has 172 valence electrons. The minimum absolute atomic E-state index is 0.0159. The Labute approximate surface area is 186 Å². The van der Waals surface area contributed by atoms with Crippen molar-refractivity contribution in [3.05, 3.63) is 65.2 Å². The minimum atomic E-state index is -4.53. The van der Waals surface area contributed by atoms with Gasteiger partial charge in [0.05, 0.1) is 17.8 Å². The first-order valence-electron chi connectivity index (χ1n) is 10.8. The van der Waals surface area contributed by atoms with Crippen molar-refractivity contribution in [1.29, 1.82) is 0 Å². The van der Waals surface area contributed by atoms with Crippen LogP contribution < -0.4 is 5.32 Å². The molecule has 1 aliphatic heterocycles. The van der Waals surface area contributed by atoms with Gasteiger partial charge in [-0.25, -0.2) is 0 Å². The number of rotatable bonds is 7. The van der Waals surface area contributed by atoms with E-state index in [0.717, 1.165) is 18.1 Å². The second kappa shape index (κ2) is 10.6. The van der Waals surface area contributed by atoms with Gasteiger partial charge in [-0.3, -0.25) is 14.5 Å². The van der Waals surface area contributed by atoms with Gasteiger partial charge in [0, 0.05) is 32.6 Å². The predicted octanol–water partition coefficient (Wildman–Crippen LogP) is 3.98. The number of anilines is 1. The van der Waals surface area contributed by atoms with Crippen LogP contribution in [-0.2, 0) is 28.6 Å². The van der Waals surface area contributed by atoms with Crippen LogP contribution in [0.1, 0.15) is 30.0 Å². The molecule has 2 aromatic carbocycles. The maximum atomic E-state index is 13.1. The van der Waals surface area contributed by atoms with Crippen molar-refractivity contribution in [3.8, 4) is 0 Å². The SMILES string of the molecule is CCc1ccc(CCC(=O)N2CCN(CC(=O)Nc3ccccc3C(F)(F)F)CC2)cc1. The van der Waals surface area contributed by atoms with Crippen molar-refractivity contribution >= 4 is 17.5 Å². The number of halogens is 3. The van der Waals surface area contributed by atoms with Crippen molar-refractivity contribution in [2.24, 2.45) is 0 Å². The standard InChI is InChI=1S/C24H28F3N3O2/c1-2-18-7-9-19(10-8-18)11-12-23(32)30-15-13-29(14-16-30)17-22(31)28-21-6-4-3-5-20(21)24(25,26)27/h3-10H,2,11-17H2,1H3,(H,28,31). The number of carbonyl (C=O) groups is 2. The molecule has 0 spiro atoms. The number of alkyl halides is 3. The summed E-state index contributed by atoms with van der Waals surface area (Å²) in [6.07, 6.45) is -2.44. The highest BCUT2D eigenvalue weighted by molar-refractivity contribution is 5.93. The zero-order valence-corrected chi connectivity index (χ0v) is 18.1. The minimum Gasteiger partial charge on any atom is -0.340 e. The van der Waals surface area contributed by atoms with Gasteiger partial charge >= 0.3 is 6.18 Å². The molecule has 0 bridgehead atoms. The maximum Gasteiger partial charge on any atom is 0.418 e. The van der Waals surface area contributed by atoms with Crippen molar-refractivity contribution in [2.75, 3.05) is 38.0 Å². The summed E-state index contributed by atoms with van der Waals surface area (Å²) in [5.74, 6) is -0.426. The summed E-state index contributed by atoms with van der Waals surface area (Å²) in [7, 11) is 0. The number of nitrogens with zero attached hydrogens (tertiary/aromatic N) is 2. The molecular weight excluding hydrogens is 419 g/mol. The van der Waals surface area contributed by atoms with E-state index in [9.17, 15) is 22.8 Å². The maximum absolute atomic E-state index is 13.1. The van der Waals surface area contributed by atoms with Crippen LogP contribution in [-0.4, -0.2) is 54.3 Å². The van der Waals surface area contributed by atoms with E-state index in [0.29, 0.717) is 39.0 Å². The molecule has 1 fully saturated rings. The number of hydrogen-bond donors (Lipinski definition) is 1. The summed E-state index contributed by atoms with van der Waals surface area (Å²) < 4.78 is 39.2. The number of nitrogens with one attached hydrogen (secondary N) is 1. The van der Waals surface area contributed by atoms with Gasteiger partial charge in [0.2, 0.25) is 11.8 Å². The summed E-state index contributed by atoms with van der Waals surface area (Å²) in [5.41, 5.74) is 1.28. The van der Waals surface area contributed by atoms with E-state index < -0.39 is 17.6 Å². The number of para-hydroxylation sites is 1. The molecule has 2 amide bonds.